The summed E-state index contributed by atoms with van der Waals surface area (Å²) in [4.78, 5) is 11.8. The van der Waals surface area contributed by atoms with Gasteiger partial charge in [-0.05, 0) is 30.2 Å². The fraction of sp³-hybridized carbons (Fsp3) is 0.385. The fourth-order valence-corrected chi connectivity index (χ4v) is 1.92. The Morgan fingerprint density at radius 2 is 2.30 bits per heavy atom. The van der Waals surface area contributed by atoms with Gasteiger partial charge in [-0.15, -0.1) is 10.2 Å². The zero-order valence-corrected chi connectivity index (χ0v) is 11.0. The maximum atomic E-state index is 11.8. The molecule has 3 rings (SSSR count). The smallest absolute Gasteiger partial charge is 0.225 e. The summed E-state index contributed by atoms with van der Waals surface area (Å²) in [6.45, 7) is 0.723. The van der Waals surface area contributed by atoms with Crippen molar-refractivity contribution in [1.82, 2.24) is 25.9 Å². The van der Waals surface area contributed by atoms with E-state index in [0.717, 1.165) is 17.8 Å². The van der Waals surface area contributed by atoms with E-state index in [1.54, 1.807) is 0 Å². The highest BCUT2D eigenvalue weighted by Gasteiger charge is 2.20. The van der Waals surface area contributed by atoms with Crippen LogP contribution in [-0.2, 0) is 4.79 Å². The van der Waals surface area contributed by atoms with Gasteiger partial charge in [-0.2, -0.15) is 5.21 Å². The highest BCUT2D eigenvalue weighted by Crippen LogP contribution is 2.19. The van der Waals surface area contributed by atoms with Crippen LogP contribution in [0.5, 0.6) is 0 Å². The summed E-state index contributed by atoms with van der Waals surface area (Å²) in [5.74, 6) is 0.514. The number of hydrogen-bond donors (Lipinski definition) is 3. The third-order valence-electron chi connectivity index (χ3n) is 3.11. The summed E-state index contributed by atoms with van der Waals surface area (Å²) in [6, 6.07) is 8.02. The van der Waals surface area contributed by atoms with Gasteiger partial charge in [0.05, 0.1) is 0 Å². The van der Waals surface area contributed by atoms with E-state index in [2.05, 4.69) is 31.3 Å². The molecule has 0 bridgehead atoms. The van der Waals surface area contributed by atoms with Gasteiger partial charge in [0.15, 0.2) is 0 Å². The van der Waals surface area contributed by atoms with E-state index in [0.29, 0.717) is 18.3 Å². The van der Waals surface area contributed by atoms with Crippen LogP contribution in [-0.4, -0.2) is 39.1 Å². The minimum atomic E-state index is 0.00316. The van der Waals surface area contributed by atoms with Crippen molar-refractivity contribution in [2.75, 3.05) is 11.9 Å². The lowest BCUT2D eigenvalue weighted by molar-refractivity contribution is -0.116. The lowest BCUT2D eigenvalue weighted by Gasteiger charge is -2.06. The molecule has 104 valence electrons. The Kier molecular flexibility index (Phi) is 3.69. The number of rotatable bonds is 6. The number of aromatic nitrogens is 4. The van der Waals surface area contributed by atoms with E-state index >= 15 is 0 Å². The van der Waals surface area contributed by atoms with E-state index in [4.69, 9.17) is 0 Å². The summed E-state index contributed by atoms with van der Waals surface area (Å²) < 4.78 is 0. The van der Waals surface area contributed by atoms with Gasteiger partial charge >= 0.3 is 0 Å². The largest absolute Gasteiger partial charge is 0.326 e. The molecule has 1 heterocycles. The van der Waals surface area contributed by atoms with Gasteiger partial charge in [0.1, 0.15) is 0 Å². The minimum absolute atomic E-state index is 0.00316. The molecule has 1 aliphatic carbocycles. The molecule has 1 saturated carbocycles. The molecule has 0 unspecified atom stereocenters. The second kappa shape index (κ2) is 5.79. The van der Waals surface area contributed by atoms with Crippen molar-refractivity contribution in [2.24, 2.45) is 0 Å². The zero-order chi connectivity index (χ0) is 13.8. The monoisotopic (exact) mass is 272 g/mol. The molecule has 20 heavy (non-hydrogen) atoms. The van der Waals surface area contributed by atoms with Crippen molar-refractivity contribution in [3.8, 4) is 11.4 Å². The van der Waals surface area contributed by atoms with Crippen molar-refractivity contribution < 1.29 is 4.79 Å². The molecule has 1 aromatic heterocycles. The number of benzene rings is 1. The topological polar surface area (TPSA) is 95.6 Å². The SMILES string of the molecule is O=C(CCNC1CC1)Nc1cccc(-c2nn[nH]n2)c1. The second-order valence-electron chi connectivity index (χ2n) is 4.84. The number of anilines is 1. The number of hydrogen-bond acceptors (Lipinski definition) is 5. The Hall–Kier alpha value is -2.28. The molecule has 1 amide bonds. The normalized spacial score (nSPS) is 14.2. The summed E-state index contributed by atoms with van der Waals surface area (Å²) in [5.41, 5.74) is 1.55. The van der Waals surface area contributed by atoms with E-state index in [-0.39, 0.29) is 5.91 Å². The number of carbonyl (C=O) groups excluding carboxylic acids is 1. The first-order valence-electron chi connectivity index (χ1n) is 6.68. The Morgan fingerprint density at radius 3 is 3.05 bits per heavy atom. The molecule has 1 aliphatic rings. The van der Waals surface area contributed by atoms with E-state index in [1.165, 1.54) is 12.8 Å². The van der Waals surface area contributed by atoms with Gasteiger partial charge in [-0.1, -0.05) is 12.1 Å². The van der Waals surface area contributed by atoms with Gasteiger partial charge in [0, 0.05) is 30.3 Å². The third-order valence-corrected chi connectivity index (χ3v) is 3.11. The lowest BCUT2D eigenvalue weighted by atomic mass is 10.2. The van der Waals surface area contributed by atoms with Crippen LogP contribution in [0.4, 0.5) is 5.69 Å². The summed E-state index contributed by atoms with van der Waals surface area (Å²) >= 11 is 0. The van der Waals surface area contributed by atoms with Crippen LogP contribution in [0, 0.1) is 0 Å². The first kappa shape index (κ1) is 12.7. The molecule has 0 radical (unpaired) electrons. The number of carbonyl (C=O) groups is 1. The average Bonchev–Trinajstić information content (AvgIpc) is 3.10. The molecule has 7 heteroatoms. The predicted molar refractivity (Wildman–Crippen MR) is 73.9 cm³/mol. The van der Waals surface area contributed by atoms with Crippen LogP contribution in [0.3, 0.4) is 0 Å². The van der Waals surface area contributed by atoms with Gasteiger partial charge < -0.3 is 10.6 Å². The average molecular weight is 272 g/mol. The van der Waals surface area contributed by atoms with Crippen molar-refractivity contribution in [2.45, 2.75) is 25.3 Å². The third kappa shape index (κ3) is 3.39. The van der Waals surface area contributed by atoms with Gasteiger partial charge in [0.25, 0.3) is 0 Å². The van der Waals surface area contributed by atoms with Crippen molar-refractivity contribution in [3.05, 3.63) is 24.3 Å². The molecule has 0 aliphatic heterocycles. The number of amides is 1. The number of H-pyrrole nitrogens is 1. The summed E-state index contributed by atoms with van der Waals surface area (Å²) in [5, 5.41) is 19.9. The molecular weight excluding hydrogens is 256 g/mol. The highest BCUT2D eigenvalue weighted by molar-refractivity contribution is 5.91. The Balaban J connectivity index is 1.56. The highest BCUT2D eigenvalue weighted by atomic mass is 16.1. The number of aromatic amines is 1. The first-order chi connectivity index (χ1) is 9.81. The van der Waals surface area contributed by atoms with Crippen LogP contribution < -0.4 is 10.6 Å². The standard InChI is InChI=1S/C13H16N6O/c20-12(6-7-14-10-4-5-10)15-11-3-1-2-9(8-11)13-16-18-19-17-13/h1-3,8,10,14H,4-7H2,(H,15,20)(H,16,17,18,19). The van der Waals surface area contributed by atoms with Gasteiger partial charge in [0.2, 0.25) is 11.7 Å². The van der Waals surface area contributed by atoms with Crippen molar-refractivity contribution in [1.29, 1.82) is 0 Å². The van der Waals surface area contributed by atoms with Crippen LogP contribution in [0.1, 0.15) is 19.3 Å². The maximum Gasteiger partial charge on any atom is 0.225 e. The number of nitrogens with zero attached hydrogens (tertiary/aromatic N) is 3. The van der Waals surface area contributed by atoms with Gasteiger partial charge in [-0.25, -0.2) is 0 Å². The molecule has 1 aromatic carbocycles. The summed E-state index contributed by atoms with van der Waals surface area (Å²) in [7, 11) is 0. The molecule has 0 saturated heterocycles. The molecule has 7 nitrogen and oxygen atoms in total. The van der Waals surface area contributed by atoms with Crippen molar-refractivity contribution in [3.63, 3.8) is 0 Å². The second-order valence-corrected chi connectivity index (χ2v) is 4.84. The van der Waals surface area contributed by atoms with E-state index in [9.17, 15) is 4.79 Å². The van der Waals surface area contributed by atoms with Crippen LogP contribution in [0.15, 0.2) is 24.3 Å². The number of nitrogens with one attached hydrogen (secondary N) is 3. The molecule has 0 atom stereocenters. The molecule has 2 aromatic rings. The fourth-order valence-electron chi connectivity index (χ4n) is 1.92. The summed E-state index contributed by atoms with van der Waals surface area (Å²) in [6.07, 6.45) is 2.94. The Bertz CT molecular complexity index is 578. The van der Waals surface area contributed by atoms with Crippen LogP contribution >= 0.6 is 0 Å². The Labute approximate surface area is 116 Å². The zero-order valence-electron chi connectivity index (χ0n) is 11.0. The molecular formula is C13H16N6O. The lowest BCUT2D eigenvalue weighted by Crippen LogP contribution is -2.23. The van der Waals surface area contributed by atoms with E-state index in [1.807, 2.05) is 24.3 Å². The molecule has 1 fully saturated rings. The van der Waals surface area contributed by atoms with Crippen molar-refractivity contribution >= 4 is 11.6 Å². The van der Waals surface area contributed by atoms with Gasteiger partial charge in [-0.3, -0.25) is 4.79 Å². The maximum absolute atomic E-state index is 11.8. The van der Waals surface area contributed by atoms with E-state index < -0.39 is 0 Å². The predicted octanol–water partition coefficient (Wildman–Crippen LogP) is 0.947. The first-order valence-corrected chi connectivity index (χ1v) is 6.68. The van der Waals surface area contributed by atoms with Crippen LogP contribution in [0.2, 0.25) is 0 Å². The Morgan fingerprint density at radius 1 is 1.40 bits per heavy atom. The van der Waals surface area contributed by atoms with Crippen LogP contribution in [0.25, 0.3) is 11.4 Å². The quantitative estimate of drug-likeness (QED) is 0.727. The number of tetrazole rings is 1. The minimum Gasteiger partial charge on any atom is -0.326 e. The molecule has 3 N–H and O–H groups in total. The molecule has 0 spiro atoms.